The van der Waals surface area contributed by atoms with Gasteiger partial charge in [-0.1, -0.05) is 12.1 Å². The maximum atomic E-state index is 12.9. The number of benzene rings is 2. The zero-order chi connectivity index (χ0) is 20.9. The molecule has 5 rings (SSSR count). The number of carbonyl (C=O) groups excluding carboxylic acids is 2. The number of fused-ring (bicyclic) bond motifs is 2. The van der Waals surface area contributed by atoms with E-state index in [9.17, 15) is 14.7 Å². The highest BCUT2D eigenvalue weighted by Crippen LogP contribution is 2.40. The summed E-state index contributed by atoms with van der Waals surface area (Å²) < 4.78 is 6.23. The van der Waals surface area contributed by atoms with Crippen LogP contribution < -0.4 is 4.74 Å². The van der Waals surface area contributed by atoms with Gasteiger partial charge in [-0.15, -0.1) is 0 Å². The van der Waals surface area contributed by atoms with Crippen molar-refractivity contribution in [3.63, 3.8) is 0 Å². The Morgan fingerprint density at radius 2 is 2.00 bits per heavy atom. The number of H-pyrrole nitrogens is 1. The average Bonchev–Trinajstić information content (AvgIpc) is 3.14. The summed E-state index contributed by atoms with van der Waals surface area (Å²) in [6.07, 6.45) is 3.50. The number of aromatic nitrogens is 1. The number of phenols is 1. The summed E-state index contributed by atoms with van der Waals surface area (Å²) in [4.78, 5) is 30.9. The molecule has 2 aromatic carbocycles. The fourth-order valence-corrected chi connectivity index (χ4v) is 4.64. The first-order valence-electron chi connectivity index (χ1n) is 10.3. The third kappa shape index (κ3) is 3.27. The number of ether oxygens (including phenoxy) is 1. The number of phenolic OH excluding ortho intramolecular Hbond substituents is 1. The minimum atomic E-state index is -0.515. The van der Waals surface area contributed by atoms with Gasteiger partial charge in [0.2, 0.25) is 0 Å². The number of aromatic amines is 1. The minimum absolute atomic E-state index is 0.00534. The maximum absolute atomic E-state index is 12.9. The fraction of sp³-hybridized carbons (Fsp3) is 0.333. The zero-order valence-electron chi connectivity index (χ0n) is 16.9. The maximum Gasteiger partial charge on any atom is 0.178 e. The molecule has 2 aliphatic heterocycles. The second-order valence-electron chi connectivity index (χ2n) is 8.52. The summed E-state index contributed by atoms with van der Waals surface area (Å²) >= 11 is 0. The molecular weight excluding hydrogens is 380 g/mol. The average molecular weight is 404 g/mol. The van der Waals surface area contributed by atoms with E-state index in [0.717, 1.165) is 22.0 Å². The van der Waals surface area contributed by atoms with E-state index in [1.807, 2.05) is 25.1 Å². The molecule has 3 heterocycles. The van der Waals surface area contributed by atoms with Crippen LogP contribution in [0.1, 0.15) is 45.5 Å². The zero-order valence-corrected chi connectivity index (χ0v) is 16.9. The van der Waals surface area contributed by atoms with Crippen molar-refractivity contribution in [2.24, 2.45) is 0 Å². The SMILES string of the molecule is Cc1ccc2c(C(=O)CN3CCC4(CC3)CC(=O)c3cc(O)ccc3O4)c[nH]c2c1. The van der Waals surface area contributed by atoms with Crippen molar-refractivity contribution in [1.82, 2.24) is 9.88 Å². The van der Waals surface area contributed by atoms with Gasteiger partial charge in [0.05, 0.1) is 18.5 Å². The number of nitrogens with zero attached hydrogens (tertiary/aromatic N) is 1. The van der Waals surface area contributed by atoms with Crippen LogP contribution in [0.5, 0.6) is 11.5 Å². The smallest absolute Gasteiger partial charge is 0.178 e. The number of ketones is 2. The summed E-state index contributed by atoms with van der Waals surface area (Å²) in [5.74, 6) is 0.721. The Morgan fingerprint density at radius 3 is 2.80 bits per heavy atom. The molecule has 1 fully saturated rings. The molecule has 0 aliphatic carbocycles. The first kappa shape index (κ1) is 18.9. The summed E-state index contributed by atoms with van der Waals surface area (Å²) in [7, 11) is 0. The van der Waals surface area contributed by atoms with E-state index < -0.39 is 5.60 Å². The monoisotopic (exact) mass is 404 g/mol. The molecule has 6 nitrogen and oxygen atoms in total. The summed E-state index contributed by atoms with van der Waals surface area (Å²) in [5.41, 5.74) is 2.80. The highest BCUT2D eigenvalue weighted by Gasteiger charge is 2.43. The number of nitrogens with one attached hydrogen (secondary N) is 1. The summed E-state index contributed by atoms with van der Waals surface area (Å²) in [6.45, 7) is 3.79. The third-order valence-corrected chi connectivity index (χ3v) is 6.34. The molecule has 2 aliphatic rings. The summed E-state index contributed by atoms with van der Waals surface area (Å²) in [5, 5.41) is 10.6. The largest absolute Gasteiger partial charge is 0.508 e. The Labute approximate surface area is 174 Å². The molecule has 0 radical (unpaired) electrons. The number of hydrogen-bond acceptors (Lipinski definition) is 5. The molecular formula is C24H24N2O4. The van der Waals surface area contributed by atoms with E-state index in [-0.39, 0.29) is 17.3 Å². The fourth-order valence-electron chi connectivity index (χ4n) is 4.64. The Hall–Kier alpha value is -3.12. The van der Waals surface area contributed by atoms with Crippen LogP contribution >= 0.6 is 0 Å². The van der Waals surface area contributed by atoms with Crippen LogP contribution in [-0.4, -0.2) is 51.8 Å². The molecule has 0 unspecified atom stereocenters. The molecule has 1 spiro atoms. The van der Waals surface area contributed by atoms with Crippen LogP contribution in [-0.2, 0) is 0 Å². The van der Waals surface area contributed by atoms with Crippen molar-refractivity contribution >= 4 is 22.5 Å². The molecule has 30 heavy (non-hydrogen) atoms. The lowest BCUT2D eigenvalue weighted by Crippen LogP contribution is -2.51. The molecule has 0 saturated carbocycles. The second kappa shape index (κ2) is 6.99. The number of likely N-dealkylation sites (tertiary alicyclic amines) is 1. The highest BCUT2D eigenvalue weighted by molar-refractivity contribution is 6.08. The molecule has 0 atom stereocenters. The molecule has 0 bridgehead atoms. The Morgan fingerprint density at radius 1 is 1.20 bits per heavy atom. The lowest BCUT2D eigenvalue weighted by molar-refractivity contribution is -0.00807. The molecule has 1 aromatic heterocycles. The van der Waals surface area contributed by atoms with Gasteiger partial charge in [0.25, 0.3) is 0 Å². The topological polar surface area (TPSA) is 82.6 Å². The molecule has 0 amide bonds. The van der Waals surface area contributed by atoms with Gasteiger partial charge in [-0.3, -0.25) is 14.5 Å². The van der Waals surface area contributed by atoms with Crippen molar-refractivity contribution in [2.75, 3.05) is 19.6 Å². The molecule has 154 valence electrons. The lowest BCUT2D eigenvalue weighted by atomic mass is 9.82. The lowest BCUT2D eigenvalue weighted by Gasteiger charge is -2.43. The van der Waals surface area contributed by atoms with Crippen LogP contribution in [0.2, 0.25) is 0 Å². The number of hydrogen-bond donors (Lipinski definition) is 2. The Balaban J connectivity index is 1.26. The number of aryl methyl sites for hydroxylation is 1. The van der Waals surface area contributed by atoms with E-state index in [1.165, 1.54) is 6.07 Å². The van der Waals surface area contributed by atoms with Gasteiger partial charge in [0.15, 0.2) is 11.6 Å². The van der Waals surface area contributed by atoms with E-state index in [1.54, 1.807) is 18.3 Å². The van der Waals surface area contributed by atoms with Gasteiger partial charge in [-0.05, 0) is 36.8 Å². The van der Waals surface area contributed by atoms with E-state index in [4.69, 9.17) is 4.74 Å². The molecule has 2 N–H and O–H groups in total. The Bertz CT molecular complexity index is 1160. The van der Waals surface area contributed by atoms with Crippen molar-refractivity contribution in [2.45, 2.75) is 31.8 Å². The van der Waals surface area contributed by atoms with Gasteiger partial charge in [0, 0.05) is 48.6 Å². The van der Waals surface area contributed by atoms with E-state index >= 15 is 0 Å². The van der Waals surface area contributed by atoms with Gasteiger partial charge in [0.1, 0.15) is 17.1 Å². The quantitative estimate of drug-likeness (QED) is 0.648. The highest BCUT2D eigenvalue weighted by atomic mass is 16.5. The predicted octanol–water partition coefficient (Wildman–Crippen LogP) is 3.86. The van der Waals surface area contributed by atoms with Crippen LogP contribution in [0.4, 0.5) is 0 Å². The van der Waals surface area contributed by atoms with Crippen LogP contribution in [0.25, 0.3) is 10.9 Å². The third-order valence-electron chi connectivity index (χ3n) is 6.34. The second-order valence-corrected chi connectivity index (χ2v) is 8.52. The van der Waals surface area contributed by atoms with Crippen molar-refractivity contribution in [1.29, 1.82) is 0 Å². The first-order chi connectivity index (χ1) is 14.4. The molecule has 6 heteroatoms. The van der Waals surface area contributed by atoms with Crippen molar-refractivity contribution in [3.05, 3.63) is 59.3 Å². The molecule has 3 aromatic rings. The van der Waals surface area contributed by atoms with Crippen LogP contribution in [0, 0.1) is 6.92 Å². The van der Waals surface area contributed by atoms with E-state index in [0.29, 0.717) is 50.2 Å². The number of aromatic hydroxyl groups is 1. The van der Waals surface area contributed by atoms with E-state index in [2.05, 4.69) is 9.88 Å². The number of Topliss-reactive ketones (excluding diaryl/α,β-unsaturated/α-hetero) is 2. The number of rotatable bonds is 3. The van der Waals surface area contributed by atoms with Crippen LogP contribution in [0.15, 0.2) is 42.6 Å². The van der Waals surface area contributed by atoms with Crippen LogP contribution in [0.3, 0.4) is 0 Å². The number of carbonyl (C=O) groups is 2. The van der Waals surface area contributed by atoms with Crippen molar-refractivity contribution in [3.8, 4) is 11.5 Å². The number of piperidine rings is 1. The summed E-state index contributed by atoms with van der Waals surface area (Å²) in [6, 6.07) is 10.7. The van der Waals surface area contributed by atoms with Gasteiger partial charge >= 0.3 is 0 Å². The van der Waals surface area contributed by atoms with Gasteiger partial charge in [-0.25, -0.2) is 0 Å². The molecule has 1 saturated heterocycles. The predicted molar refractivity (Wildman–Crippen MR) is 113 cm³/mol. The Kier molecular flexibility index (Phi) is 4.40. The van der Waals surface area contributed by atoms with Gasteiger partial charge < -0.3 is 14.8 Å². The minimum Gasteiger partial charge on any atom is -0.508 e. The van der Waals surface area contributed by atoms with Gasteiger partial charge in [-0.2, -0.15) is 0 Å². The first-order valence-corrected chi connectivity index (χ1v) is 10.3. The normalized spacial score (nSPS) is 18.4. The van der Waals surface area contributed by atoms with Crippen molar-refractivity contribution < 1.29 is 19.4 Å². The standard InChI is InChI=1S/C24H24N2O4/c1-15-2-4-17-19(13-25-20(17)10-15)22(29)14-26-8-6-24(7-9-26)12-21(28)18-11-16(27)3-5-23(18)30-24/h2-5,10-11,13,25,27H,6-9,12,14H2,1H3.